The highest BCUT2D eigenvalue weighted by Gasteiger charge is 2.33. The average Bonchev–Trinajstić information content (AvgIpc) is 2.15. The highest BCUT2D eigenvalue weighted by molar-refractivity contribution is 9.09. The molecule has 0 N–H and O–H groups in total. The summed E-state index contributed by atoms with van der Waals surface area (Å²) < 4.78 is 37.2. The number of alkyl halides is 4. The zero-order valence-corrected chi connectivity index (χ0v) is 9.70. The van der Waals surface area contributed by atoms with Crippen molar-refractivity contribution in [1.29, 1.82) is 0 Å². The van der Waals surface area contributed by atoms with Crippen molar-refractivity contribution in [2.45, 2.75) is 6.18 Å². The van der Waals surface area contributed by atoms with E-state index in [9.17, 15) is 13.2 Å². The van der Waals surface area contributed by atoms with Crippen LogP contribution in [0.5, 0.6) is 0 Å². The molecule has 0 atom stereocenters. The Kier molecular flexibility index (Phi) is 4.16. The van der Waals surface area contributed by atoms with Crippen molar-refractivity contribution in [2.75, 3.05) is 5.33 Å². The maximum atomic E-state index is 12.4. The van der Waals surface area contributed by atoms with E-state index in [1.54, 1.807) is 6.08 Å². The molecule has 0 saturated carbocycles. The number of nitrogens with zero attached hydrogens (tertiary/aromatic N) is 1. The van der Waals surface area contributed by atoms with E-state index >= 15 is 0 Å². The van der Waals surface area contributed by atoms with E-state index < -0.39 is 16.9 Å². The summed E-state index contributed by atoms with van der Waals surface area (Å²) in [6, 6.07) is 0.967. The van der Waals surface area contributed by atoms with Crippen LogP contribution in [0.25, 0.3) is 6.08 Å². The SMILES string of the molecule is FC(F)(F)c1cc(C=CCBr)cnc1Cl. The molecule has 1 aromatic rings. The molecule has 0 aliphatic rings. The van der Waals surface area contributed by atoms with Gasteiger partial charge in [0.2, 0.25) is 0 Å². The fourth-order valence-electron chi connectivity index (χ4n) is 0.935. The van der Waals surface area contributed by atoms with Crippen LogP contribution >= 0.6 is 27.5 Å². The summed E-state index contributed by atoms with van der Waals surface area (Å²) in [4.78, 5) is 3.48. The number of rotatable bonds is 2. The van der Waals surface area contributed by atoms with Gasteiger partial charge >= 0.3 is 6.18 Å². The molecule has 1 heterocycles. The average molecular weight is 301 g/mol. The van der Waals surface area contributed by atoms with Gasteiger partial charge < -0.3 is 0 Å². The molecule has 6 heteroatoms. The molecule has 82 valence electrons. The number of allylic oxidation sites excluding steroid dienone is 1. The second-order valence-electron chi connectivity index (χ2n) is 2.66. The van der Waals surface area contributed by atoms with Crippen molar-refractivity contribution in [1.82, 2.24) is 4.98 Å². The van der Waals surface area contributed by atoms with E-state index in [0.717, 1.165) is 6.07 Å². The lowest BCUT2D eigenvalue weighted by atomic mass is 10.2. The van der Waals surface area contributed by atoms with Crippen LogP contribution < -0.4 is 0 Å². The van der Waals surface area contributed by atoms with Crippen LogP contribution in [0.15, 0.2) is 18.3 Å². The Labute approximate surface area is 98.1 Å². The molecule has 0 aliphatic carbocycles. The first-order valence-corrected chi connectivity index (χ1v) is 5.40. The molecule has 1 nitrogen and oxygen atoms in total. The van der Waals surface area contributed by atoms with Crippen LogP contribution in [0.2, 0.25) is 5.15 Å². The third kappa shape index (κ3) is 3.50. The summed E-state index contributed by atoms with van der Waals surface area (Å²) in [6.45, 7) is 0. The molecule has 0 radical (unpaired) electrons. The van der Waals surface area contributed by atoms with E-state index in [1.165, 1.54) is 12.3 Å². The van der Waals surface area contributed by atoms with Gasteiger partial charge in [-0.25, -0.2) is 4.98 Å². The van der Waals surface area contributed by atoms with Gasteiger partial charge in [0.1, 0.15) is 5.15 Å². The van der Waals surface area contributed by atoms with Gasteiger partial charge in [-0.3, -0.25) is 0 Å². The molecule has 0 unspecified atom stereocenters. The van der Waals surface area contributed by atoms with Crippen molar-refractivity contribution in [3.05, 3.63) is 34.6 Å². The van der Waals surface area contributed by atoms with Crippen LogP contribution in [0.3, 0.4) is 0 Å². The lowest BCUT2D eigenvalue weighted by Gasteiger charge is -2.08. The van der Waals surface area contributed by atoms with Crippen molar-refractivity contribution in [3.63, 3.8) is 0 Å². The predicted molar refractivity (Wildman–Crippen MR) is 57.1 cm³/mol. The normalized spacial score (nSPS) is 12.3. The molecule has 0 fully saturated rings. The molecule has 0 saturated heterocycles. The largest absolute Gasteiger partial charge is 0.419 e. The second kappa shape index (κ2) is 4.99. The van der Waals surface area contributed by atoms with Crippen molar-refractivity contribution in [3.8, 4) is 0 Å². The Balaban J connectivity index is 3.11. The summed E-state index contributed by atoms with van der Waals surface area (Å²) in [7, 11) is 0. The van der Waals surface area contributed by atoms with E-state index in [-0.39, 0.29) is 0 Å². The van der Waals surface area contributed by atoms with Crippen molar-refractivity contribution >= 4 is 33.6 Å². The van der Waals surface area contributed by atoms with Crippen molar-refractivity contribution < 1.29 is 13.2 Å². The first-order chi connectivity index (χ1) is 6.95. The fraction of sp³-hybridized carbons (Fsp3) is 0.222. The monoisotopic (exact) mass is 299 g/mol. The Morgan fingerprint density at radius 1 is 1.47 bits per heavy atom. The predicted octanol–water partition coefficient (Wildman–Crippen LogP) is 4.16. The van der Waals surface area contributed by atoms with Gasteiger partial charge in [0.25, 0.3) is 0 Å². The topological polar surface area (TPSA) is 12.9 Å². The number of aromatic nitrogens is 1. The van der Waals surface area contributed by atoms with Crippen LogP contribution in [0.4, 0.5) is 13.2 Å². The van der Waals surface area contributed by atoms with Crippen molar-refractivity contribution in [2.24, 2.45) is 0 Å². The molecule has 0 aliphatic heterocycles. The van der Waals surface area contributed by atoms with Gasteiger partial charge in [-0.1, -0.05) is 39.7 Å². The van der Waals surface area contributed by atoms with Gasteiger partial charge in [-0.05, 0) is 11.6 Å². The minimum absolute atomic E-state index is 0.367. The number of hydrogen-bond donors (Lipinski definition) is 0. The second-order valence-corrected chi connectivity index (χ2v) is 3.67. The van der Waals surface area contributed by atoms with E-state index in [2.05, 4.69) is 20.9 Å². The standard InChI is InChI=1S/C9H6BrClF3N/c10-3-1-2-6-4-7(9(12,13)14)8(11)15-5-6/h1-2,4-5H,3H2. The summed E-state index contributed by atoms with van der Waals surface area (Å²) in [5.74, 6) is 0. The first kappa shape index (κ1) is 12.5. The number of pyridine rings is 1. The number of hydrogen-bond acceptors (Lipinski definition) is 1. The smallest absolute Gasteiger partial charge is 0.243 e. The summed E-state index contributed by atoms with van der Waals surface area (Å²) in [5.41, 5.74) is -0.549. The van der Waals surface area contributed by atoms with Gasteiger partial charge in [0, 0.05) is 11.5 Å². The minimum atomic E-state index is -4.47. The third-order valence-electron chi connectivity index (χ3n) is 1.57. The minimum Gasteiger partial charge on any atom is -0.243 e. The molecule has 1 aromatic heterocycles. The molecule has 1 rings (SSSR count). The highest BCUT2D eigenvalue weighted by Crippen LogP contribution is 2.34. The fourth-order valence-corrected chi connectivity index (χ4v) is 1.33. The molecule has 0 amide bonds. The molecular weight excluding hydrogens is 294 g/mol. The van der Waals surface area contributed by atoms with Crippen LogP contribution in [-0.2, 0) is 6.18 Å². The quantitative estimate of drug-likeness (QED) is 0.590. The summed E-state index contributed by atoms with van der Waals surface area (Å²) in [5, 5.41) is 0.0373. The zero-order valence-electron chi connectivity index (χ0n) is 7.35. The lowest BCUT2D eigenvalue weighted by molar-refractivity contribution is -0.137. The molecule has 0 aromatic carbocycles. The van der Waals surface area contributed by atoms with E-state index in [1.807, 2.05) is 0 Å². The van der Waals surface area contributed by atoms with Gasteiger partial charge in [0.05, 0.1) is 5.56 Å². The molecule has 15 heavy (non-hydrogen) atoms. The van der Waals surface area contributed by atoms with Gasteiger partial charge in [-0.2, -0.15) is 13.2 Å². The van der Waals surface area contributed by atoms with Crippen LogP contribution in [0, 0.1) is 0 Å². The van der Waals surface area contributed by atoms with Gasteiger partial charge in [0.15, 0.2) is 0 Å². The van der Waals surface area contributed by atoms with Gasteiger partial charge in [-0.15, -0.1) is 0 Å². The number of halogens is 5. The molecular formula is C9H6BrClF3N. The maximum Gasteiger partial charge on any atom is 0.419 e. The Morgan fingerprint density at radius 2 is 2.13 bits per heavy atom. The molecule has 0 bridgehead atoms. The van der Waals surface area contributed by atoms with Crippen LogP contribution in [-0.4, -0.2) is 10.3 Å². The lowest BCUT2D eigenvalue weighted by Crippen LogP contribution is -2.07. The van der Waals surface area contributed by atoms with Crippen LogP contribution in [0.1, 0.15) is 11.1 Å². The zero-order chi connectivity index (χ0) is 11.5. The summed E-state index contributed by atoms with van der Waals surface area (Å²) >= 11 is 8.47. The maximum absolute atomic E-state index is 12.4. The molecule has 0 spiro atoms. The first-order valence-electron chi connectivity index (χ1n) is 3.90. The van der Waals surface area contributed by atoms with E-state index in [0.29, 0.717) is 10.9 Å². The highest BCUT2D eigenvalue weighted by atomic mass is 79.9. The Morgan fingerprint density at radius 3 is 2.67 bits per heavy atom. The van der Waals surface area contributed by atoms with E-state index in [4.69, 9.17) is 11.6 Å². The summed E-state index contributed by atoms with van der Waals surface area (Å²) in [6.07, 6.45) is 0.0253. The third-order valence-corrected chi connectivity index (χ3v) is 2.24. The Bertz CT molecular complexity index is 376. The Hall–Kier alpha value is -0.550.